The minimum Gasteiger partial charge on any atom is -0.469 e. The van der Waals surface area contributed by atoms with E-state index in [9.17, 15) is 27.9 Å². The van der Waals surface area contributed by atoms with E-state index >= 15 is 8.78 Å². The Morgan fingerprint density at radius 2 is 1.70 bits per heavy atom. The average molecular weight is 622 g/mol. The quantitative estimate of drug-likeness (QED) is 0.286. The zero-order valence-corrected chi connectivity index (χ0v) is 25.2. The second-order valence-electron chi connectivity index (χ2n) is 13.8. The number of esters is 1. The maximum Gasteiger partial charge on any atom is 0.456 e. The van der Waals surface area contributed by atoms with E-state index in [1.165, 1.54) is 14.0 Å². The number of benzene rings is 1. The molecule has 0 spiro atoms. The number of fused-ring (bicyclic) bond motifs is 4. The van der Waals surface area contributed by atoms with Gasteiger partial charge in [-0.05, 0) is 105 Å². The fraction of sp³-hybridized carbons (Fsp3) is 0.647. The molecule has 0 aromatic heterocycles. The van der Waals surface area contributed by atoms with E-state index < -0.39 is 41.4 Å². The third-order valence-electron chi connectivity index (χ3n) is 11.7. The Morgan fingerprint density at radius 1 is 1.02 bits per heavy atom. The molecule has 2 saturated carbocycles. The molecule has 1 aromatic carbocycles. The number of carbonyl (C=O) groups is 2. The van der Waals surface area contributed by atoms with Crippen molar-refractivity contribution >= 4 is 11.8 Å². The van der Waals surface area contributed by atoms with Crippen LogP contribution in [-0.4, -0.2) is 59.7 Å². The van der Waals surface area contributed by atoms with Gasteiger partial charge in [-0.3, -0.25) is 14.5 Å². The van der Waals surface area contributed by atoms with Gasteiger partial charge in [0, 0.05) is 24.3 Å². The van der Waals surface area contributed by atoms with Crippen molar-refractivity contribution in [2.45, 2.75) is 94.9 Å². The topological polar surface area (TPSA) is 66.8 Å². The molecular formula is C34H40F5NO4. The van der Waals surface area contributed by atoms with Gasteiger partial charge in [0.15, 0.2) is 5.78 Å². The summed E-state index contributed by atoms with van der Waals surface area (Å²) in [5, 5.41) is 11.4. The summed E-state index contributed by atoms with van der Waals surface area (Å²) in [6.45, 7) is 3.62. The molecule has 1 N–H and O–H groups in total. The number of piperidine rings is 1. The Labute approximate surface area is 254 Å². The zero-order chi connectivity index (χ0) is 31.7. The summed E-state index contributed by atoms with van der Waals surface area (Å²) in [5.41, 5.74) is 0.0625. The molecule has 5 aliphatic rings. The van der Waals surface area contributed by atoms with Crippen LogP contribution in [0.2, 0.25) is 0 Å². The molecule has 6 rings (SSSR count). The predicted molar refractivity (Wildman–Crippen MR) is 153 cm³/mol. The Kier molecular flexibility index (Phi) is 7.88. The van der Waals surface area contributed by atoms with Crippen LogP contribution in [0.3, 0.4) is 0 Å². The van der Waals surface area contributed by atoms with E-state index in [1.807, 2.05) is 24.3 Å². The van der Waals surface area contributed by atoms with Gasteiger partial charge in [-0.15, -0.1) is 0 Å². The van der Waals surface area contributed by atoms with Crippen molar-refractivity contribution in [1.82, 2.24) is 4.90 Å². The Bertz CT molecular complexity index is 1380. The fourth-order valence-electron chi connectivity index (χ4n) is 9.32. The molecule has 240 valence electrons. The van der Waals surface area contributed by atoms with Crippen LogP contribution in [-0.2, 0) is 20.9 Å². The molecule has 0 bridgehead atoms. The fourth-order valence-corrected chi connectivity index (χ4v) is 9.32. The lowest BCUT2D eigenvalue weighted by Gasteiger charge is -2.56. The van der Waals surface area contributed by atoms with Crippen molar-refractivity contribution < 1.29 is 41.4 Å². The van der Waals surface area contributed by atoms with E-state index in [0.29, 0.717) is 45.1 Å². The number of hydrogen-bond donors (Lipinski definition) is 1. The summed E-state index contributed by atoms with van der Waals surface area (Å²) in [4.78, 5) is 26.4. The summed E-state index contributed by atoms with van der Waals surface area (Å²) in [6, 6.07) is 7.84. The number of nitrogens with zero attached hydrogens (tertiary/aromatic N) is 1. The molecule has 10 heteroatoms. The zero-order valence-electron chi connectivity index (χ0n) is 25.2. The van der Waals surface area contributed by atoms with Crippen LogP contribution in [0, 0.1) is 23.2 Å². The highest BCUT2D eigenvalue weighted by Crippen LogP contribution is 2.70. The van der Waals surface area contributed by atoms with E-state index in [0.717, 1.165) is 40.9 Å². The van der Waals surface area contributed by atoms with E-state index in [-0.39, 0.29) is 36.4 Å². The van der Waals surface area contributed by atoms with E-state index in [2.05, 4.69) is 4.90 Å². The lowest BCUT2D eigenvalue weighted by molar-refractivity contribution is -0.362. The molecule has 5 nitrogen and oxygen atoms in total. The van der Waals surface area contributed by atoms with Crippen molar-refractivity contribution in [3.8, 4) is 0 Å². The van der Waals surface area contributed by atoms with Crippen molar-refractivity contribution in [2.75, 3.05) is 20.2 Å². The van der Waals surface area contributed by atoms with Crippen LogP contribution in [0.25, 0.3) is 0 Å². The third kappa shape index (κ3) is 4.86. The van der Waals surface area contributed by atoms with Crippen LogP contribution in [0.1, 0.15) is 81.8 Å². The lowest BCUT2D eigenvalue weighted by atomic mass is 9.50. The summed E-state index contributed by atoms with van der Waals surface area (Å²) >= 11 is 0. The Morgan fingerprint density at radius 3 is 2.34 bits per heavy atom. The van der Waals surface area contributed by atoms with E-state index in [1.54, 1.807) is 6.08 Å². The van der Waals surface area contributed by atoms with Gasteiger partial charge in [-0.1, -0.05) is 36.8 Å². The summed E-state index contributed by atoms with van der Waals surface area (Å²) in [7, 11) is 1.40. The van der Waals surface area contributed by atoms with Crippen molar-refractivity contribution in [3.63, 3.8) is 0 Å². The van der Waals surface area contributed by atoms with Crippen LogP contribution >= 0.6 is 0 Å². The smallest absolute Gasteiger partial charge is 0.456 e. The Hall–Kier alpha value is -2.59. The molecule has 5 atom stereocenters. The predicted octanol–water partition coefficient (Wildman–Crippen LogP) is 6.90. The van der Waals surface area contributed by atoms with Crippen molar-refractivity contribution in [1.29, 1.82) is 0 Å². The number of carbonyl (C=O) groups excluding carboxylic acids is 2. The highest BCUT2D eigenvalue weighted by molar-refractivity contribution is 5.93. The number of allylic oxidation sites excluding steroid dienone is 4. The number of ether oxygens (including phenoxy) is 1. The molecule has 0 amide bonds. The molecule has 44 heavy (non-hydrogen) atoms. The average Bonchev–Trinajstić information content (AvgIpc) is 3.27. The number of hydrogen-bond acceptors (Lipinski definition) is 5. The highest BCUT2D eigenvalue weighted by Gasteiger charge is 2.79. The molecule has 1 aliphatic heterocycles. The van der Waals surface area contributed by atoms with Crippen molar-refractivity contribution in [2.24, 2.45) is 23.2 Å². The summed E-state index contributed by atoms with van der Waals surface area (Å²) in [6.07, 6.45) is -1.27. The number of rotatable bonds is 5. The third-order valence-corrected chi connectivity index (χ3v) is 11.7. The number of halogens is 5. The molecule has 1 saturated heterocycles. The van der Waals surface area contributed by atoms with Gasteiger partial charge in [0.05, 0.1) is 13.0 Å². The summed E-state index contributed by atoms with van der Waals surface area (Å²) < 4.78 is 76.7. The van der Waals surface area contributed by atoms with Gasteiger partial charge in [0.25, 0.3) is 0 Å². The molecule has 4 aliphatic carbocycles. The summed E-state index contributed by atoms with van der Waals surface area (Å²) in [5.74, 6) is -6.69. The second kappa shape index (κ2) is 11.0. The first-order valence-electron chi connectivity index (χ1n) is 15.7. The minimum atomic E-state index is -5.87. The maximum atomic E-state index is 15.2. The monoisotopic (exact) mass is 621 g/mol. The van der Waals surface area contributed by atoms with Crippen molar-refractivity contribution in [3.05, 3.63) is 58.2 Å². The minimum absolute atomic E-state index is 0.0310. The molecule has 1 aromatic rings. The molecular weight excluding hydrogens is 581 g/mol. The Balaban J connectivity index is 1.34. The molecule has 3 fully saturated rings. The number of methoxy groups -OCH3 is 1. The maximum absolute atomic E-state index is 15.2. The first-order valence-corrected chi connectivity index (χ1v) is 15.7. The van der Waals surface area contributed by atoms with Gasteiger partial charge >= 0.3 is 18.1 Å². The second-order valence-corrected chi connectivity index (χ2v) is 13.8. The number of alkyl halides is 5. The first kappa shape index (κ1) is 31.4. The van der Waals surface area contributed by atoms with Crippen LogP contribution in [0.15, 0.2) is 47.1 Å². The van der Waals surface area contributed by atoms with Crippen LogP contribution in [0.5, 0.6) is 0 Å². The normalized spacial score (nSPS) is 33.4. The number of ketones is 1. The van der Waals surface area contributed by atoms with Gasteiger partial charge in [0.1, 0.15) is 5.60 Å². The molecule has 2 unspecified atom stereocenters. The van der Waals surface area contributed by atoms with Crippen LogP contribution < -0.4 is 0 Å². The van der Waals surface area contributed by atoms with Gasteiger partial charge in [-0.25, -0.2) is 0 Å². The first-order chi connectivity index (χ1) is 20.7. The number of likely N-dealkylation sites (tertiary alicyclic amines) is 1. The standard InChI is InChI=1S/C34H40F5NO4/c1-31-18-27(21-5-3-20(4-6-21)19-40-15-12-22(13-16-40)30(42)44-2)29-25-10-8-24(41)17-23(25)7-9-26(29)28(31)11-14-32(31,43)33(35,36)34(37,38)39/h3-6,17,22,26-28,43H,7-16,18-19H2,1-2H3/t26?,27-,28?,31+,32-/m1/s1. The highest BCUT2D eigenvalue weighted by atomic mass is 19.4. The van der Waals surface area contributed by atoms with E-state index in [4.69, 9.17) is 4.74 Å². The number of aliphatic hydroxyl groups is 1. The van der Waals surface area contributed by atoms with Gasteiger partial charge in [0.2, 0.25) is 0 Å². The van der Waals surface area contributed by atoms with Gasteiger partial charge in [-0.2, -0.15) is 22.0 Å². The molecule has 1 heterocycles. The lowest BCUT2D eigenvalue weighted by Crippen LogP contribution is -2.65. The molecule has 0 radical (unpaired) electrons. The van der Waals surface area contributed by atoms with Crippen LogP contribution in [0.4, 0.5) is 22.0 Å². The van der Waals surface area contributed by atoms with Gasteiger partial charge < -0.3 is 9.84 Å². The largest absolute Gasteiger partial charge is 0.469 e. The SMILES string of the molecule is COC(=O)C1CCN(Cc2ccc([C@H]3C[C@@]4(C)C(CC[C@]4(O)C(F)(F)C(F)(F)F)C4CCC5=CC(=O)CCC5=C43)cc2)CC1.